The van der Waals surface area contributed by atoms with Gasteiger partial charge in [-0.3, -0.25) is 4.57 Å². The van der Waals surface area contributed by atoms with Gasteiger partial charge >= 0.3 is 5.69 Å². The Labute approximate surface area is 127 Å². The Morgan fingerprint density at radius 3 is 2.81 bits per heavy atom. The van der Waals surface area contributed by atoms with E-state index >= 15 is 0 Å². The highest BCUT2D eigenvalue weighted by molar-refractivity contribution is 7.99. The first-order valence-electron chi connectivity index (χ1n) is 7.05. The molecule has 2 aromatic rings. The van der Waals surface area contributed by atoms with Crippen molar-refractivity contribution in [3.05, 3.63) is 22.4 Å². The van der Waals surface area contributed by atoms with Gasteiger partial charge in [0.25, 0.3) is 0 Å². The first kappa shape index (κ1) is 15.6. The maximum Gasteiger partial charge on any atom is 0.343 e. The fourth-order valence-corrected chi connectivity index (χ4v) is 3.03. The molecule has 0 atom stereocenters. The molecule has 0 aliphatic rings. The van der Waals surface area contributed by atoms with Crippen molar-refractivity contribution in [2.45, 2.75) is 49.8 Å². The standard InChI is InChI=1S/C13H20N6OS/c1-4-6-9-10(14-3)15-8-16-11(9)21-13-18-17-12(20)19(13)7-5-2/h8H,4-7H2,1-3H3,(H,17,20)(H,14,15,16). The van der Waals surface area contributed by atoms with Crippen molar-refractivity contribution in [2.24, 2.45) is 0 Å². The number of hydrogen-bond donors (Lipinski definition) is 2. The molecule has 2 aromatic heterocycles. The molecule has 0 amide bonds. The molecule has 2 heterocycles. The molecule has 0 unspecified atom stereocenters. The normalized spacial score (nSPS) is 10.8. The fourth-order valence-electron chi connectivity index (χ4n) is 2.06. The van der Waals surface area contributed by atoms with Crippen molar-refractivity contribution < 1.29 is 0 Å². The molecule has 0 radical (unpaired) electrons. The predicted octanol–water partition coefficient (Wildman–Crippen LogP) is 1.92. The van der Waals surface area contributed by atoms with Gasteiger partial charge in [0.05, 0.1) is 0 Å². The SMILES string of the molecule is CCCc1c(NC)ncnc1Sc1n[nH]c(=O)n1CCC. The lowest BCUT2D eigenvalue weighted by Gasteiger charge is -2.11. The van der Waals surface area contributed by atoms with E-state index in [9.17, 15) is 4.79 Å². The first-order chi connectivity index (χ1) is 10.2. The van der Waals surface area contributed by atoms with E-state index in [2.05, 4.69) is 32.4 Å². The molecule has 7 nitrogen and oxygen atoms in total. The van der Waals surface area contributed by atoms with Crippen LogP contribution in [0.2, 0.25) is 0 Å². The Balaban J connectivity index is 2.37. The van der Waals surface area contributed by atoms with Crippen LogP contribution in [-0.4, -0.2) is 31.8 Å². The van der Waals surface area contributed by atoms with Crippen molar-refractivity contribution in [2.75, 3.05) is 12.4 Å². The van der Waals surface area contributed by atoms with Crippen LogP contribution in [0, 0.1) is 0 Å². The second kappa shape index (κ2) is 7.26. The largest absolute Gasteiger partial charge is 0.373 e. The zero-order chi connectivity index (χ0) is 15.2. The maximum atomic E-state index is 11.7. The first-order valence-corrected chi connectivity index (χ1v) is 7.87. The molecule has 0 saturated carbocycles. The summed E-state index contributed by atoms with van der Waals surface area (Å²) >= 11 is 1.40. The Hall–Kier alpha value is -1.83. The Morgan fingerprint density at radius 1 is 1.33 bits per heavy atom. The molecule has 0 saturated heterocycles. The number of H-pyrrole nitrogens is 1. The van der Waals surface area contributed by atoms with E-state index < -0.39 is 0 Å². The fraction of sp³-hybridized carbons (Fsp3) is 0.538. The summed E-state index contributed by atoms with van der Waals surface area (Å²) < 4.78 is 1.64. The van der Waals surface area contributed by atoms with Gasteiger partial charge in [-0.15, -0.1) is 5.10 Å². The minimum atomic E-state index is -0.181. The summed E-state index contributed by atoms with van der Waals surface area (Å²) in [7, 11) is 1.84. The van der Waals surface area contributed by atoms with Crippen LogP contribution in [0.3, 0.4) is 0 Å². The van der Waals surface area contributed by atoms with Gasteiger partial charge in [0.15, 0.2) is 5.16 Å². The molecule has 8 heteroatoms. The van der Waals surface area contributed by atoms with Crippen LogP contribution in [0.1, 0.15) is 32.3 Å². The minimum Gasteiger partial charge on any atom is -0.373 e. The molecule has 0 aliphatic carbocycles. The Kier molecular flexibility index (Phi) is 5.38. The lowest BCUT2D eigenvalue weighted by atomic mass is 10.2. The number of nitrogens with one attached hydrogen (secondary N) is 2. The van der Waals surface area contributed by atoms with Gasteiger partial charge in [-0.1, -0.05) is 20.3 Å². The second-order valence-electron chi connectivity index (χ2n) is 4.57. The van der Waals surface area contributed by atoms with Gasteiger partial charge < -0.3 is 5.32 Å². The second-order valence-corrected chi connectivity index (χ2v) is 5.53. The van der Waals surface area contributed by atoms with E-state index in [1.807, 2.05) is 14.0 Å². The molecule has 2 rings (SSSR count). The van der Waals surface area contributed by atoms with Crippen LogP contribution in [0.5, 0.6) is 0 Å². The van der Waals surface area contributed by atoms with Crippen molar-refractivity contribution in [1.82, 2.24) is 24.7 Å². The monoisotopic (exact) mass is 308 g/mol. The molecule has 0 aliphatic heterocycles. The third-order valence-electron chi connectivity index (χ3n) is 3.00. The number of aromatic nitrogens is 5. The van der Waals surface area contributed by atoms with E-state index in [0.29, 0.717) is 11.7 Å². The van der Waals surface area contributed by atoms with Gasteiger partial charge in [-0.25, -0.2) is 19.9 Å². The van der Waals surface area contributed by atoms with Crippen molar-refractivity contribution in [3.63, 3.8) is 0 Å². The summed E-state index contributed by atoms with van der Waals surface area (Å²) in [5, 5.41) is 11.2. The van der Waals surface area contributed by atoms with E-state index in [-0.39, 0.29) is 5.69 Å². The number of anilines is 1. The van der Waals surface area contributed by atoms with Gasteiger partial charge in [0.2, 0.25) is 0 Å². The quantitative estimate of drug-likeness (QED) is 0.760. The lowest BCUT2D eigenvalue weighted by Crippen LogP contribution is -2.17. The highest BCUT2D eigenvalue weighted by atomic mass is 32.2. The molecule has 2 N–H and O–H groups in total. The molecule has 0 spiro atoms. The summed E-state index contributed by atoms with van der Waals surface area (Å²) in [5.41, 5.74) is 0.880. The smallest absolute Gasteiger partial charge is 0.343 e. The summed E-state index contributed by atoms with van der Waals surface area (Å²) in [5.74, 6) is 0.828. The summed E-state index contributed by atoms with van der Waals surface area (Å²) in [6.45, 7) is 4.79. The molecular weight excluding hydrogens is 288 g/mol. The van der Waals surface area contributed by atoms with Crippen LogP contribution < -0.4 is 11.0 Å². The molecule has 0 fully saturated rings. The molecular formula is C13H20N6OS. The Morgan fingerprint density at radius 2 is 2.14 bits per heavy atom. The van der Waals surface area contributed by atoms with E-state index in [1.54, 1.807) is 4.57 Å². The highest BCUT2D eigenvalue weighted by Crippen LogP contribution is 2.30. The molecule has 0 aromatic carbocycles. The van der Waals surface area contributed by atoms with Crippen LogP contribution >= 0.6 is 11.8 Å². The predicted molar refractivity (Wildman–Crippen MR) is 82.8 cm³/mol. The molecule has 21 heavy (non-hydrogen) atoms. The van der Waals surface area contributed by atoms with Gasteiger partial charge in [-0.2, -0.15) is 0 Å². The van der Waals surface area contributed by atoms with Gasteiger partial charge in [-0.05, 0) is 24.6 Å². The summed E-state index contributed by atoms with van der Waals surface area (Å²) in [4.78, 5) is 20.3. The van der Waals surface area contributed by atoms with Crippen molar-refractivity contribution >= 4 is 17.6 Å². The Bertz CT molecular complexity index is 650. The number of hydrogen-bond acceptors (Lipinski definition) is 6. The third-order valence-corrected chi connectivity index (χ3v) is 4.04. The molecule has 114 valence electrons. The maximum absolute atomic E-state index is 11.7. The van der Waals surface area contributed by atoms with Crippen molar-refractivity contribution in [1.29, 1.82) is 0 Å². The van der Waals surface area contributed by atoms with Crippen molar-refractivity contribution in [3.8, 4) is 0 Å². The number of nitrogens with zero attached hydrogens (tertiary/aromatic N) is 4. The summed E-state index contributed by atoms with van der Waals surface area (Å²) in [6.07, 6.45) is 4.28. The minimum absolute atomic E-state index is 0.181. The lowest BCUT2D eigenvalue weighted by molar-refractivity contribution is 0.603. The molecule has 0 bridgehead atoms. The highest BCUT2D eigenvalue weighted by Gasteiger charge is 2.15. The van der Waals surface area contributed by atoms with Crippen LogP contribution in [0.15, 0.2) is 21.3 Å². The van der Waals surface area contributed by atoms with E-state index in [4.69, 9.17) is 0 Å². The zero-order valence-corrected chi connectivity index (χ0v) is 13.3. The third kappa shape index (κ3) is 3.44. The van der Waals surface area contributed by atoms with Crippen LogP contribution in [0.4, 0.5) is 5.82 Å². The van der Waals surface area contributed by atoms with Gasteiger partial charge in [0, 0.05) is 19.2 Å². The topological polar surface area (TPSA) is 88.5 Å². The van der Waals surface area contributed by atoms with Crippen LogP contribution in [0.25, 0.3) is 0 Å². The zero-order valence-electron chi connectivity index (χ0n) is 12.5. The average molecular weight is 308 g/mol. The average Bonchev–Trinajstić information content (AvgIpc) is 2.82. The van der Waals surface area contributed by atoms with Gasteiger partial charge in [0.1, 0.15) is 17.2 Å². The summed E-state index contributed by atoms with van der Waals surface area (Å²) in [6, 6.07) is 0. The number of aromatic amines is 1. The van der Waals surface area contributed by atoms with E-state index in [0.717, 1.165) is 35.7 Å². The number of rotatable bonds is 7. The van der Waals surface area contributed by atoms with Crippen LogP contribution in [-0.2, 0) is 13.0 Å². The van der Waals surface area contributed by atoms with E-state index in [1.165, 1.54) is 18.1 Å².